The number of fused-ring (bicyclic) bond motifs is 1. The van der Waals surface area contributed by atoms with Crippen LogP contribution in [-0.2, 0) is 11.2 Å². The number of rotatable bonds is 7. The molecule has 0 spiro atoms. The minimum Gasteiger partial charge on any atom is -0.497 e. The number of urea groups is 1. The highest BCUT2D eigenvalue weighted by molar-refractivity contribution is 6.11. The molecule has 8 nitrogen and oxygen atoms in total. The molecule has 2 aliphatic heterocycles. The second kappa shape index (κ2) is 7.70. The summed E-state index contributed by atoms with van der Waals surface area (Å²) in [4.78, 5) is 39.0. The van der Waals surface area contributed by atoms with Crippen LogP contribution in [-0.4, -0.2) is 48.6 Å². The molecule has 4 rings (SSSR count). The first-order valence-electron chi connectivity index (χ1n) is 9.59. The summed E-state index contributed by atoms with van der Waals surface area (Å²) in [6.45, 7) is 1.46. The Balaban J connectivity index is 1.41. The summed E-state index contributed by atoms with van der Waals surface area (Å²) in [5, 5.41) is 2.74. The number of ether oxygens (including phenoxy) is 3. The molecule has 156 valence electrons. The molecule has 1 fully saturated rings. The SMILES string of the molecule is COc1ccc(CC[C@@]2(C)NC(=O)N(CC(=O)c3ccc4c(c3)OCO4)C2=O)cc1. The van der Waals surface area contributed by atoms with Crippen molar-refractivity contribution in [3.8, 4) is 17.2 Å². The lowest BCUT2D eigenvalue weighted by Gasteiger charge is -2.21. The van der Waals surface area contributed by atoms with Crippen LogP contribution in [0.15, 0.2) is 42.5 Å². The highest BCUT2D eigenvalue weighted by atomic mass is 16.7. The minimum absolute atomic E-state index is 0.104. The van der Waals surface area contributed by atoms with E-state index in [9.17, 15) is 14.4 Å². The van der Waals surface area contributed by atoms with E-state index in [0.717, 1.165) is 16.2 Å². The molecule has 1 atom stereocenters. The van der Waals surface area contributed by atoms with Gasteiger partial charge >= 0.3 is 6.03 Å². The van der Waals surface area contributed by atoms with E-state index in [4.69, 9.17) is 14.2 Å². The average Bonchev–Trinajstić information content (AvgIpc) is 3.30. The molecule has 0 radical (unpaired) electrons. The van der Waals surface area contributed by atoms with Crippen LogP contribution in [0.3, 0.4) is 0 Å². The number of carbonyl (C=O) groups excluding carboxylic acids is 3. The normalized spacial score (nSPS) is 19.7. The number of imide groups is 1. The summed E-state index contributed by atoms with van der Waals surface area (Å²) in [5.74, 6) is 1.03. The van der Waals surface area contributed by atoms with E-state index in [0.29, 0.717) is 29.9 Å². The van der Waals surface area contributed by atoms with Crippen molar-refractivity contribution < 1.29 is 28.6 Å². The standard InChI is InChI=1S/C22H22N2O6/c1-22(10-9-14-3-6-16(28-2)7-4-14)20(26)24(21(27)23-22)12-17(25)15-5-8-18-19(11-15)30-13-29-18/h3-8,11H,9-10,12-13H2,1-2H3,(H,23,27)/t22-/m1/s1. The van der Waals surface area contributed by atoms with E-state index in [1.165, 1.54) is 0 Å². The van der Waals surface area contributed by atoms with Crippen molar-refractivity contribution in [3.05, 3.63) is 53.6 Å². The van der Waals surface area contributed by atoms with Gasteiger partial charge in [0.1, 0.15) is 11.3 Å². The highest BCUT2D eigenvalue weighted by Gasteiger charge is 2.47. The van der Waals surface area contributed by atoms with Crippen LogP contribution in [0, 0.1) is 0 Å². The fourth-order valence-corrected chi connectivity index (χ4v) is 3.55. The molecule has 1 N–H and O–H groups in total. The summed E-state index contributed by atoms with van der Waals surface area (Å²) < 4.78 is 15.7. The van der Waals surface area contributed by atoms with Crippen LogP contribution in [0.25, 0.3) is 0 Å². The third-order valence-corrected chi connectivity index (χ3v) is 5.41. The largest absolute Gasteiger partial charge is 0.497 e. The number of aryl methyl sites for hydroxylation is 1. The molecule has 1 saturated heterocycles. The fraction of sp³-hybridized carbons (Fsp3) is 0.318. The zero-order valence-corrected chi connectivity index (χ0v) is 16.8. The van der Waals surface area contributed by atoms with E-state index in [1.54, 1.807) is 32.2 Å². The Morgan fingerprint density at radius 2 is 1.87 bits per heavy atom. The number of methoxy groups -OCH3 is 1. The summed E-state index contributed by atoms with van der Waals surface area (Å²) in [5.41, 5.74) is 0.312. The Bertz CT molecular complexity index is 1000. The molecule has 0 aliphatic carbocycles. The number of Topliss-reactive ketones (excluding diaryl/α,β-unsaturated/α-hetero) is 1. The van der Waals surface area contributed by atoms with E-state index < -0.39 is 17.5 Å². The van der Waals surface area contributed by atoms with E-state index >= 15 is 0 Å². The molecule has 0 bridgehead atoms. The number of hydrogen-bond acceptors (Lipinski definition) is 6. The topological polar surface area (TPSA) is 94.2 Å². The Hall–Kier alpha value is -3.55. The van der Waals surface area contributed by atoms with Crippen molar-refractivity contribution in [2.75, 3.05) is 20.4 Å². The first kappa shape index (κ1) is 19.8. The van der Waals surface area contributed by atoms with Gasteiger partial charge in [-0.05, 0) is 55.7 Å². The van der Waals surface area contributed by atoms with E-state index in [-0.39, 0.29) is 19.1 Å². The monoisotopic (exact) mass is 410 g/mol. The van der Waals surface area contributed by atoms with Crippen LogP contribution in [0.2, 0.25) is 0 Å². The third kappa shape index (κ3) is 3.68. The predicted octanol–water partition coefficient (Wildman–Crippen LogP) is 2.55. The molecule has 0 aromatic heterocycles. The summed E-state index contributed by atoms with van der Waals surface area (Å²) in [6, 6.07) is 11.8. The zero-order chi connectivity index (χ0) is 21.3. The molecule has 0 saturated carbocycles. The summed E-state index contributed by atoms with van der Waals surface area (Å²) >= 11 is 0. The first-order chi connectivity index (χ1) is 14.4. The predicted molar refractivity (Wildman–Crippen MR) is 107 cm³/mol. The molecule has 30 heavy (non-hydrogen) atoms. The number of benzene rings is 2. The van der Waals surface area contributed by atoms with Gasteiger partial charge in [0.2, 0.25) is 6.79 Å². The molecule has 2 aromatic rings. The Labute approximate surface area is 173 Å². The van der Waals surface area contributed by atoms with Crippen molar-refractivity contribution in [2.45, 2.75) is 25.3 Å². The highest BCUT2D eigenvalue weighted by Crippen LogP contribution is 2.33. The van der Waals surface area contributed by atoms with Crippen molar-refractivity contribution in [3.63, 3.8) is 0 Å². The van der Waals surface area contributed by atoms with Gasteiger partial charge in [0, 0.05) is 5.56 Å². The summed E-state index contributed by atoms with van der Waals surface area (Å²) in [6.07, 6.45) is 1.01. The van der Waals surface area contributed by atoms with Gasteiger partial charge in [-0.1, -0.05) is 12.1 Å². The van der Waals surface area contributed by atoms with Gasteiger partial charge < -0.3 is 19.5 Å². The van der Waals surface area contributed by atoms with E-state index in [1.807, 2.05) is 24.3 Å². The van der Waals surface area contributed by atoms with Crippen LogP contribution >= 0.6 is 0 Å². The van der Waals surface area contributed by atoms with Gasteiger partial charge in [0.15, 0.2) is 17.3 Å². The lowest BCUT2D eigenvalue weighted by atomic mass is 9.93. The molecule has 2 aromatic carbocycles. The third-order valence-electron chi connectivity index (χ3n) is 5.41. The molecular formula is C22H22N2O6. The Morgan fingerprint density at radius 1 is 1.13 bits per heavy atom. The molecular weight excluding hydrogens is 388 g/mol. The Morgan fingerprint density at radius 3 is 2.60 bits per heavy atom. The van der Waals surface area contributed by atoms with Gasteiger partial charge in [0.25, 0.3) is 5.91 Å². The number of ketones is 1. The number of hydrogen-bond donors (Lipinski definition) is 1. The van der Waals surface area contributed by atoms with Crippen molar-refractivity contribution in [1.82, 2.24) is 10.2 Å². The van der Waals surface area contributed by atoms with Crippen LogP contribution in [0.4, 0.5) is 4.79 Å². The molecule has 0 unspecified atom stereocenters. The van der Waals surface area contributed by atoms with Gasteiger partial charge in [-0.3, -0.25) is 14.5 Å². The van der Waals surface area contributed by atoms with Gasteiger partial charge in [0.05, 0.1) is 13.7 Å². The fourth-order valence-electron chi connectivity index (χ4n) is 3.55. The zero-order valence-electron chi connectivity index (χ0n) is 16.8. The number of carbonyl (C=O) groups is 3. The lowest BCUT2D eigenvalue weighted by molar-refractivity contribution is -0.130. The van der Waals surface area contributed by atoms with Crippen molar-refractivity contribution >= 4 is 17.7 Å². The molecule has 3 amide bonds. The van der Waals surface area contributed by atoms with E-state index in [2.05, 4.69) is 5.32 Å². The van der Waals surface area contributed by atoms with Gasteiger partial charge in [-0.15, -0.1) is 0 Å². The van der Waals surface area contributed by atoms with Gasteiger partial charge in [-0.2, -0.15) is 0 Å². The number of nitrogens with zero attached hydrogens (tertiary/aromatic N) is 1. The summed E-state index contributed by atoms with van der Waals surface area (Å²) in [7, 11) is 1.60. The maximum absolute atomic E-state index is 12.9. The second-order valence-electron chi connectivity index (χ2n) is 7.49. The molecule has 8 heteroatoms. The average molecular weight is 410 g/mol. The minimum atomic E-state index is -1.06. The van der Waals surface area contributed by atoms with Crippen molar-refractivity contribution in [2.24, 2.45) is 0 Å². The number of nitrogens with one attached hydrogen (secondary N) is 1. The smallest absolute Gasteiger partial charge is 0.325 e. The quantitative estimate of drug-likeness (QED) is 0.557. The van der Waals surface area contributed by atoms with Gasteiger partial charge in [-0.25, -0.2) is 4.79 Å². The first-order valence-corrected chi connectivity index (χ1v) is 9.59. The maximum Gasteiger partial charge on any atom is 0.325 e. The Kier molecular flexibility index (Phi) is 5.07. The van der Waals surface area contributed by atoms with Crippen molar-refractivity contribution in [1.29, 1.82) is 0 Å². The van der Waals surface area contributed by atoms with Crippen LogP contribution in [0.1, 0.15) is 29.3 Å². The maximum atomic E-state index is 12.9. The van der Waals surface area contributed by atoms with Crippen LogP contribution < -0.4 is 19.5 Å². The number of amides is 3. The second-order valence-corrected chi connectivity index (χ2v) is 7.49. The molecule has 2 heterocycles. The molecule has 2 aliphatic rings. The lowest BCUT2D eigenvalue weighted by Crippen LogP contribution is -2.44. The van der Waals surface area contributed by atoms with Crippen LogP contribution in [0.5, 0.6) is 17.2 Å².